The van der Waals surface area contributed by atoms with Crippen LogP contribution >= 0.6 is 0 Å². The van der Waals surface area contributed by atoms with Gasteiger partial charge in [0.05, 0.1) is 12.6 Å². The minimum atomic E-state index is -0.738. The Morgan fingerprint density at radius 2 is 1.63 bits per heavy atom. The van der Waals surface area contributed by atoms with Crippen LogP contribution in [0.5, 0.6) is 0 Å². The topological polar surface area (TPSA) is 111 Å². The number of rotatable bonds is 12. The molecule has 2 aromatic rings. The van der Waals surface area contributed by atoms with Crippen LogP contribution in [-0.2, 0) is 25.5 Å². The number of hydrogen-bond acceptors (Lipinski definition) is 6. The zero-order chi connectivity index (χ0) is 28.3. The first-order chi connectivity index (χ1) is 17.9. The van der Waals surface area contributed by atoms with Gasteiger partial charge >= 0.3 is 12.1 Å². The zero-order valence-electron chi connectivity index (χ0n) is 23.2. The minimum Gasteiger partial charge on any atom is -0.466 e. The molecule has 0 saturated carbocycles. The number of hydrogen-bond donors (Lipinski definition) is 2. The van der Waals surface area contributed by atoms with Crippen LogP contribution in [0.1, 0.15) is 70.3 Å². The minimum absolute atomic E-state index is 0.0809. The summed E-state index contributed by atoms with van der Waals surface area (Å²) < 4.78 is 10.4. The Morgan fingerprint density at radius 3 is 2.24 bits per heavy atom. The van der Waals surface area contributed by atoms with Crippen LogP contribution in [0.2, 0.25) is 0 Å². The van der Waals surface area contributed by atoms with Crippen molar-refractivity contribution in [2.24, 2.45) is 11.8 Å². The normalized spacial score (nSPS) is 12.8. The molecule has 2 rings (SSSR count). The molecule has 2 aromatic carbocycles. The number of nitrogens with one attached hydrogen (secondary N) is 2. The van der Waals surface area contributed by atoms with E-state index in [9.17, 15) is 19.2 Å². The molecule has 0 aliphatic rings. The Balaban J connectivity index is 2.25. The lowest BCUT2D eigenvalue weighted by Gasteiger charge is -2.26. The van der Waals surface area contributed by atoms with Crippen molar-refractivity contribution in [2.45, 2.75) is 72.4 Å². The van der Waals surface area contributed by atoms with E-state index in [0.717, 1.165) is 5.56 Å². The predicted molar refractivity (Wildman–Crippen MR) is 147 cm³/mol. The lowest BCUT2D eigenvalue weighted by Crippen LogP contribution is -2.47. The van der Waals surface area contributed by atoms with E-state index < -0.39 is 23.7 Å². The number of Topliss-reactive ketones (excluding diaryl/α,β-unsaturated/α-hetero) is 1. The number of ether oxygens (including phenoxy) is 2. The highest BCUT2D eigenvalue weighted by molar-refractivity contribution is 5.98. The number of anilines is 1. The molecule has 0 saturated heterocycles. The monoisotopic (exact) mass is 524 g/mol. The number of amides is 2. The second-order valence-electron chi connectivity index (χ2n) is 10.5. The summed E-state index contributed by atoms with van der Waals surface area (Å²) in [5.41, 5.74) is 1.17. The summed E-state index contributed by atoms with van der Waals surface area (Å²) >= 11 is 0. The number of carbonyl (C=O) groups is 4. The highest BCUT2D eigenvalue weighted by Gasteiger charge is 2.31. The molecular weight excluding hydrogens is 484 g/mol. The van der Waals surface area contributed by atoms with Gasteiger partial charge in [-0.1, -0.05) is 44.2 Å². The average Bonchev–Trinajstić information content (AvgIpc) is 2.84. The Bertz CT molecular complexity index is 1090. The molecule has 8 nitrogen and oxygen atoms in total. The first kappa shape index (κ1) is 30.5. The van der Waals surface area contributed by atoms with Gasteiger partial charge in [-0.05, 0) is 76.3 Å². The Hall–Kier alpha value is -3.68. The molecule has 0 bridgehead atoms. The lowest BCUT2D eigenvalue weighted by atomic mass is 9.84. The molecule has 0 spiro atoms. The second kappa shape index (κ2) is 14.3. The number of esters is 1. The molecule has 2 atom stereocenters. The van der Waals surface area contributed by atoms with Gasteiger partial charge in [0.15, 0.2) is 5.78 Å². The quantitative estimate of drug-likeness (QED) is 0.352. The van der Waals surface area contributed by atoms with Gasteiger partial charge in [0.25, 0.3) is 5.91 Å². The van der Waals surface area contributed by atoms with E-state index in [4.69, 9.17) is 9.47 Å². The Morgan fingerprint density at radius 1 is 0.947 bits per heavy atom. The van der Waals surface area contributed by atoms with Crippen LogP contribution in [0.3, 0.4) is 0 Å². The Labute approximate surface area is 225 Å². The van der Waals surface area contributed by atoms with Gasteiger partial charge in [0.2, 0.25) is 0 Å². The first-order valence-electron chi connectivity index (χ1n) is 13.0. The molecule has 0 aliphatic heterocycles. The highest BCUT2D eigenvalue weighted by atomic mass is 16.6. The van der Waals surface area contributed by atoms with E-state index in [-0.39, 0.29) is 43.0 Å². The molecule has 2 N–H and O–H groups in total. The fourth-order valence-corrected chi connectivity index (χ4v) is 3.99. The lowest BCUT2D eigenvalue weighted by molar-refractivity contribution is -0.143. The van der Waals surface area contributed by atoms with E-state index in [1.165, 1.54) is 0 Å². The van der Waals surface area contributed by atoms with Gasteiger partial charge in [-0.25, -0.2) is 4.79 Å². The molecule has 8 heteroatoms. The van der Waals surface area contributed by atoms with Crippen LogP contribution in [0.15, 0.2) is 54.6 Å². The van der Waals surface area contributed by atoms with Crippen molar-refractivity contribution < 1.29 is 28.7 Å². The molecule has 2 unspecified atom stereocenters. The summed E-state index contributed by atoms with van der Waals surface area (Å²) in [7, 11) is 0. The van der Waals surface area contributed by atoms with Gasteiger partial charge in [-0.3, -0.25) is 19.7 Å². The van der Waals surface area contributed by atoms with Crippen LogP contribution in [0, 0.1) is 11.8 Å². The highest BCUT2D eigenvalue weighted by Crippen LogP contribution is 2.23. The molecule has 0 radical (unpaired) electrons. The van der Waals surface area contributed by atoms with Gasteiger partial charge in [-0.2, -0.15) is 0 Å². The zero-order valence-corrected chi connectivity index (χ0v) is 23.2. The summed E-state index contributed by atoms with van der Waals surface area (Å²) in [4.78, 5) is 51.0. The summed E-state index contributed by atoms with van der Waals surface area (Å²) in [5.74, 6) is -1.58. The van der Waals surface area contributed by atoms with Crippen LogP contribution in [0.25, 0.3) is 0 Å². The van der Waals surface area contributed by atoms with E-state index in [2.05, 4.69) is 10.6 Å². The van der Waals surface area contributed by atoms with Gasteiger partial charge < -0.3 is 14.8 Å². The predicted octanol–water partition coefficient (Wildman–Crippen LogP) is 5.56. The molecule has 38 heavy (non-hydrogen) atoms. The average molecular weight is 525 g/mol. The summed E-state index contributed by atoms with van der Waals surface area (Å²) in [5, 5.41) is 5.61. The molecule has 0 aromatic heterocycles. The molecule has 206 valence electrons. The number of ketones is 1. The third-order valence-electron chi connectivity index (χ3n) is 5.75. The molecule has 0 heterocycles. The van der Waals surface area contributed by atoms with E-state index >= 15 is 0 Å². The smallest absolute Gasteiger partial charge is 0.412 e. The van der Waals surface area contributed by atoms with E-state index in [0.29, 0.717) is 17.7 Å². The van der Waals surface area contributed by atoms with Crippen molar-refractivity contribution in [3.63, 3.8) is 0 Å². The fourth-order valence-electron chi connectivity index (χ4n) is 3.99. The molecule has 0 aliphatic carbocycles. The standard InChI is InChI=1S/C30H40N2O6/c1-7-37-25(33)17-16-23(18-21-12-11-15-24(19-21)31-29(36)38-30(4,5)6)27(34)26(20(2)3)32-28(35)22-13-9-8-10-14-22/h8-15,19-20,23,26H,7,16-18H2,1-6H3,(H,31,36)(H,32,35). The Kier molecular flexibility index (Phi) is 11.5. The van der Waals surface area contributed by atoms with Gasteiger partial charge in [0, 0.05) is 23.6 Å². The van der Waals surface area contributed by atoms with Crippen molar-refractivity contribution in [3.05, 3.63) is 65.7 Å². The summed E-state index contributed by atoms with van der Waals surface area (Å²) in [6, 6.07) is 15.2. The van der Waals surface area contributed by atoms with Crippen molar-refractivity contribution in [3.8, 4) is 0 Å². The van der Waals surface area contributed by atoms with E-state index in [1.54, 1.807) is 70.2 Å². The molecular formula is C30H40N2O6. The first-order valence-corrected chi connectivity index (χ1v) is 13.0. The van der Waals surface area contributed by atoms with Crippen LogP contribution in [0.4, 0.5) is 10.5 Å². The van der Waals surface area contributed by atoms with Crippen molar-refractivity contribution in [2.75, 3.05) is 11.9 Å². The van der Waals surface area contributed by atoms with Crippen molar-refractivity contribution in [1.29, 1.82) is 0 Å². The third-order valence-corrected chi connectivity index (χ3v) is 5.75. The van der Waals surface area contributed by atoms with Gasteiger partial charge in [0.1, 0.15) is 5.60 Å². The SMILES string of the molecule is CCOC(=O)CCC(Cc1cccc(NC(=O)OC(C)(C)C)c1)C(=O)C(NC(=O)c1ccccc1)C(C)C. The maximum absolute atomic E-state index is 13.8. The summed E-state index contributed by atoms with van der Waals surface area (Å²) in [6.45, 7) is 11.1. The largest absolute Gasteiger partial charge is 0.466 e. The van der Waals surface area contributed by atoms with Gasteiger partial charge in [-0.15, -0.1) is 0 Å². The molecule has 2 amide bonds. The fraction of sp³-hybridized carbons (Fsp3) is 0.467. The maximum Gasteiger partial charge on any atom is 0.412 e. The maximum atomic E-state index is 13.8. The number of benzene rings is 2. The third kappa shape index (κ3) is 10.4. The second-order valence-corrected chi connectivity index (χ2v) is 10.5. The van der Waals surface area contributed by atoms with Crippen molar-refractivity contribution in [1.82, 2.24) is 5.32 Å². The summed E-state index contributed by atoms with van der Waals surface area (Å²) in [6.07, 6.45) is 0.101. The molecule has 0 fully saturated rings. The van der Waals surface area contributed by atoms with E-state index in [1.807, 2.05) is 26.0 Å². The van der Waals surface area contributed by atoms with Crippen molar-refractivity contribution >= 4 is 29.4 Å². The van der Waals surface area contributed by atoms with Crippen LogP contribution < -0.4 is 10.6 Å². The van der Waals surface area contributed by atoms with Crippen LogP contribution in [-0.4, -0.2) is 42.0 Å². The number of carbonyl (C=O) groups excluding carboxylic acids is 4.